The van der Waals surface area contributed by atoms with E-state index in [0.29, 0.717) is 22.9 Å². The van der Waals surface area contributed by atoms with Crippen molar-refractivity contribution in [2.75, 3.05) is 6.61 Å². The van der Waals surface area contributed by atoms with E-state index in [9.17, 15) is 4.79 Å². The molecule has 2 rings (SSSR count). The van der Waals surface area contributed by atoms with E-state index in [1.165, 1.54) is 0 Å². The van der Waals surface area contributed by atoms with E-state index in [2.05, 4.69) is 17.1 Å². The van der Waals surface area contributed by atoms with Gasteiger partial charge >= 0.3 is 0 Å². The number of nitrogens with one attached hydrogen (secondary N) is 1. The Hall–Kier alpha value is -2.59. The molecule has 2 aromatic rings. The maximum atomic E-state index is 11.9. The zero-order chi connectivity index (χ0) is 15.8. The summed E-state index contributed by atoms with van der Waals surface area (Å²) in [5.74, 6) is 0.390. The van der Waals surface area contributed by atoms with Crippen LogP contribution >= 0.6 is 11.6 Å². The molecular weight excluding hydrogens is 300 g/mol. The van der Waals surface area contributed by atoms with E-state index < -0.39 is 0 Å². The van der Waals surface area contributed by atoms with Crippen molar-refractivity contribution in [1.82, 2.24) is 5.43 Å². The van der Waals surface area contributed by atoms with Gasteiger partial charge in [-0.05, 0) is 42.0 Å². The minimum Gasteiger partial charge on any atom is -0.490 e. The number of nitrogens with zero attached hydrogens (tertiary/aromatic N) is 1. The van der Waals surface area contributed by atoms with Crippen LogP contribution in [0.5, 0.6) is 5.75 Å². The standard InChI is InChI=1S/C17H15ClN2O2/c1-2-11-22-16-9-5-14(6-10-16)17(21)20-19-12-13-3-7-15(18)8-4-13/h2-10,12H,1,11H2,(H,20,21)/b19-12+. The van der Waals surface area contributed by atoms with Crippen molar-refractivity contribution < 1.29 is 9.53 Å². The molecule has 0 saturated heterocycles. The van der Waals surface area contributed by atoms with Gasteiger partial charge in [0.25, 0.3) is 5.91 Å². The second-order valence-corrected chi connectivity index (χ2v) is 4.81. The lowest BCUT2D eigenvalue weighted by Crippen LogP contribution is -2.17. The number of carbonyl (C=O) groups is 1. The van der Waals surface area contributed by atoms with Gasteiger partial charge in [-0.1, -0.05) is 36.4 Å². The summed E-state index contributed by atoms with van der Waals surface area (Å²) in [6, 6.07) is 13.9. The summed E-state index contributed by atoms with van der Waals surface area (Å²) in [6.07, 6.45) is 3.21. The van der Waals surface area contributed by atoms with Crippen LogP contribution in [-0.2, 0) is 0 Å². The van der Waals surface area contributed by atoms with Gasteiger partial charge < -0.3 is 4.74 Å². The highest BCUT2D eigenvalue weighted by atomic mass is 35.5. The van der Waals surface area contributed by atoms with Gasteiger partial charge in [-0.25, -0.2) is 5.43 Å². The molecule has 0 atom stereocenters. The highest BCUT2D eigenvalue weighted by molar-refractivity contribution is 6.30. The summed E-state index contributed by atoms with van der Waals surface area (Å²) in [7, 11) is 0. The predicted molar refractivity (Wildman–Crippen MR) is 88.6 cm³/mol. The zero-order valence-corrected chi connectivity index (χ0v) is 12.6. The van der Waals surface area contributed by atoms with Crippen LogP contribution in [-0.4, -0.2) is 18.7 Å². The number of ether oxygens (including phenoxy) is 1. The fourth-order valence-corrected chi connectivity index (χ4v) is 1.76. The largest absolute Gasteiger partial charge is 0.490 e. The Morgan fingerprint density at radius 3 is 2.50 bits per heavy atom. The van der Waals surface area contributed by atoms with Gasteiger partial charge in [-0.2, -0.15) is 5.10 Å². The third-order valence-electron chi connectivity index (χ3n) is 2.73. The van der Waals surface area contributed by atoms with Crippen LogP contribution < -0.4 is 10.2 Å². The Morgan fingerprint density at radius 2 is 1.86 bits per heavy atom. The summed E-state index contributed by atoms with van der Waals surface area (Å²) in [5.41, 5.74) is 3.81. The minimum absolute atomic E-state index is 0.291. The number of benzene rings is 2. The highest BCUT2D eigenvalue weighted by Gasteiger charge is 2.04. The summed E-state index contributed by atoms with van der Waals surface area (Å²) in [5, 5.41) is 4.56. The molecule has 0 aliphatic heterocycles. The molecule has 0 aliphatic rings. The zero-order valence-electron chi connectivity index (χ0n) is 11.8. The van der Waals surface area contributed by atoms with E-state index in [1.54, 1.807) is 48.7 Å². The number of hydrazone groups is 1. The van der Waals surface area contributed by atoms with Crippen LogP contribution in [0.1, 0.15) is 15.9 Å². The topological polar surface area (TPSA) is 50.7 Å². The van der Waals surface area contributed by atoms with Crippen LogP contribution in [0.15, 0.2) is 66.3 Å². The van der Waals surface area contributed by atoms with Crippen molar-refractivity contribution in [3.8, 4) is 5.75 Å². The monoisotopic (exact) mass is 314 g/mol. The van der Waals surface area contributed by atoms with Crippen LogP contribution in [0.4, 0.5) is 0 Å². The van der Waals surface area contributed by atoms with E-state index in [-0.39, 0.29) is 5.91 Å². The smallest absolute Gasteiger partial charge is 0.271 e. The fraction of sp³-hybridized carbons (Fsp3) is 0.0588. The number of carbonyl (C=O) groups excluding carboxylic acids is 1. The van der Waals surface area contributed by atoms with Gasteiger partial charge in [0.05, 0.1) is 6.21 Å². The average Bonchev–Trinajstić information content (AvgIpc) is 2.55. The van der Waals surface area contributed by atoms with Gasteiger partial charge in [-0.3, -0.25) is 4.79 Å². The SMILES string of the molecule is C=CCOc1ccc(C(=O)N/N=C/c2ccc(Cl)cc2)cc1. The quantitative estimate of drug-likeness (QED) is 0.502. The number of hydrogen-bond acceptors (Lipinski definition) is 3. The summed E-state index contributed by atoms with van der Waals surface area (Å²) >= 11 is 5.79. The Labute approximate surface area is 134 Å². The van der Waals surface area contributed by atoms with Gasteiger partial charge in [0.15, 0.2) is 0 Å². The molecule has 0 saturated carbocycles. The van der Waals surface area contributed by atoms with E-state index in [0.717, 1.165) is 5.56 Å². The first-order chi connectivity index (χ1) is 10.7. The molecule has 0 aliphatic carbocycles. The first kappa shape index (κ1) is 15.8. The maximum absolute atomic E-state index is 11.9. The van der Waals surface area contributed by atoms with E-state index in [1.807, 2.05) is 12.1 Å². The molecule has 112 valence electrons. The van der Waals surface area contributed by atoms with Crippen molar-refractivity contribution in [3.63, 3.8) is 0 Å². The van der Waals surface area contributed by atoms with Crippen molar-refractivity contribution in [3.05, 3.63) is 77.3 Å². The summed E-state index contributed by atoms with van der Waals surface area (Å²) < 4.78 is 5.35. The second kappa shape index (κ2) is 8.00. The molecule has 1 amide bonds. The predicted octanol–water partition coefficient (Wildman–Crippen LogP) is 3.67. The maximum Gasteiger partial charge on any atom is 0.271 e. The van der Waals surface area contributed by atoms with Gasteiger partial charge in [-0.15, -0.1) is 0 Å². The Bertz CT molecular complexity index is 664. The van der Waals surface area contributed by atoms with Crippen molar-refractivity contribution in [2.45, 2.75) is 0 Å². The van der Waals surface area contributed by atoms with Crippen LogP contribution in [0, 0.1) is 0 Å². The molecule has 5 heteroatoms. The van der Waals surface area contributed by atoms with Gasteiger partial charge in [0, 0.05) is 10.6 Å². The first-order valence-electron chi connectivity index (χ1n) is 6.62. The molecule has 0 aromatic heterocycles. The third-order valence-corrected chi connectivity index (χ3v) is 2.99. The summed E-state index contributed by atoms with van der Waals surface area (Å²) in [6.45, 7) is 4.00. The second-order valence-electron chi connectivity index (χ2n) is 4.37. The lowest BCUT2D eigenvalue weighted by molar-refractivity contribution is 0.0955. The van der Waals surface area contributed by atoms with Crippen molar-refractivity contribution in [2.24, 2.45) is 5.10 Å². The molecule has 0 unspecified atom stereocenters. The molecule has 0 bridgehead atoms. The molecule has 2 aromatic carbocycles. The molecule has 4 nitrogen and oxygen atoms in total. The van der Waals surface area contributed by atoms with Crippen LogP contribution in [0.2, 0.25) is 5.02 Å². The Morgan fingerprint density at radius 1 is 1.18 bits per heavy atom. The Balaban J connectivity index is 1.91. The molecule has 0 fully saturated rings. The van der Waals surface area contributed by atoms with E-state index in [4.69, 9.17) is 16.3 Å². The molecule has 1 N–H and O–H groups in total. The lowest BCUT2D eigenvalue weighted by Gasteiger charge is -2.04. The number of rotatable bonds is 6. The Kier molecular flexibility index (Phi) is 5.74. The molecular formula is C17H15ClN2O2. The molecule has 22 heavy (non-hydrogen) atoms. The number of halogens is 1. The normalized spacial score (nSPS) is 10.4. The average molecular weight is 315 g/mol. The van der Waals surface area contributed by atoms with Crippen molar-refractivity contribution >= 4 is 23.7 Å². The highest BCUT2D eigenvalue weighted by Crippen LogP contribution is 2.12. The summed E-state index contributed by atoms with van der Waals surface area (Å²) in [4.78, 5) is 11.9. The lowest BCUT2D eigenvalue weighted by atomic mass is 10.2. The molecule has 0 radical (unpaired) electrons. The van der Waals surface area contributed by atoms with Crippen LogP contribution in [0.3, 0.4) is 0 Å². The van der Waals surface area contributed by atoms with Crippen molar-refractivity contribution in [1.29, 1.82) is 0 Å². The fourth-order valence-electron chi connectivity index (χ4n) is 1.64. The molecule has 0 heterocycles. The van der Waals surface area contributed by atoms with E-state index >= 15 is 0 Å². The molecule has 0 spiro atoms. The van der Waals surface area contributed by atoms with Crippen LogP contribution in [0.25, 0.3) is 0 Å². The van der Waals surface area contributed by atoms with Gasteiger partial charge in [0.2, 0.25) is 0 Å². The number of hydrogen-bond donors (Lipinski definition) is 1. The third kappa shape index (κ3) is 4.75. The first-order valence-corrected chi connectivity index (χ1v) is 6.99. The minimum atomic E-state index is -0.291. The number of amides is 1. The van der Waals surface area contributed by atoms with Gasteiger partial charge in [0.1, 0.15) is 12.4 Å².